The van der Waals surface area contributed by atoms with Crippen molar-refractivity contribution in [1.29, 1.82) is 0 Å². The Morgan fingerprint density at radius 1 is 1.12 bits per heavy atom. The van der Waals surface area contributed by atoms with Gasteiger partial charge in [-0.3, -0.25) is 9.59 Å². The van der Waals surface area contributed by atoms with Crippen LogP contribution in [0.2, 0.25) is 0 Å². The highest BCUT2D eigenvalue weighted by molar-refractivity contribution is 5.95. The Hall–Kier alpha value is -2.62. The van der Waals surface area contributed by atoms with E-state index in [-0.39, 0.29) is 17.7 Å². The van der Waals surface area contributed by atoms with Crippen molar-refractivity contribution in [1.82, 2.24) is 5.32 Å². The van der Waals surface area contributed by atoms with Gasteiger partial charge in [-0.25, -0.2) is 0 Å². The molecule has 2 aromatic carbocycles. The van der Waals surface area contributed by atoms with E-state index in [0.717, 1.165) is 17.7 Å². The summed E-state index contributed by atoms with van der Waals surface area (Å²) >= 11 is 0. The van der Waals surface area contributed by atoms with Crippen molar-refractivity contribution in [3.8, 4) is 0 Å². The topological polar surface area (TPSA) is 49.4 Å². The lowest BCUT2D eigenvalue weighted by atomic mass is 9.98. The number of carbonyl (C=O) groups excluding carboxylic acids is 2. The van der Waals surface area contributed by atoms with Crippen LogP contribution in [0.15, 0.2) is 48.5 Å². The quantitative estimate of drug-likeness (QED) is 0.939. The summed E-state index contributed by atoms with van der Waals surface area (Å²) in [5, 5.41) is 2.98. The Labute approximate surface area is 142 Å². The van der Waals surface area contributed by atoms with Crippen LogP contribution in [-0.4, -0.2) is 24.9 Å². The zero-order valence-electron chi connectivity index (χ0n) is 14.1. The van der Waals surface area contributed by atoms with E-state index in [9.17, 15) is 9.59 Å². The van der Waals surface area contributed by atoms with Crippen molar-refractivity contribution in [3.05, 3.63) is 65.2 Å². The maximum atomic E-state index is 12.2. The fraction of sp³-hybridized carbons (Fsp3) is 0.300. The van der Waals surface area contributed by atoms with E-state index < -0.39 is 0 Å². The first-order valence-electron chi connectivity index (χ1n) is 8.28. The molecule has 1 N–H and O–H groups in total. The molecule has 4 heteroatoms. The van der Waals surface area contributed by atoms with Crippen molar-refractivity contribution < 1.29 is 9.59 Å². The molecule has 1 aliphatic rings. The molecule has 1 atom stereocenters. The van der Waals surface area contributed by atoms with E-state index in [1.165, 1.54) is 5.56 Å². The third-order valence-electron chi connectivity index (χ3n) is 4.54. The zero-order valence-corrected chi connectivity index (χ0v) is 14.1. The molecular weight excluding hydrogens is 300 g/mol. The van der Waals surface area contributed by atoms with Gasteiger partial charge in [0.05, 0.1) is 0 Å². The van der Waals surface area contributed by atoms with Gasteiger partial charge in [0.2, 0.25) is 5.91 Å². The van der Waals surface area contributed by atoms with Gasteiger partial charge < -0.3 is 10.2 Å². The first-order chi connectivity index (χ1) is 11.6. The van der Waals surface area contributed by atoms with Crippen molar-refractivity contribution in [2.24, 2.45) is 0 Å². The molecule has 0 radical (unpaired) electrons. The van der Waals surface area contributed by atoms with Gasteiger partial charge in [0.15, 0.2) is 0 Å². The molecule has 0 spiro atoms. The zero-order chi connectivity index (χ0) is 17.1. The number of hydrogen-bond donors (Lipinski definition) is 1. The summed E-state index contributed by atoms with van der Waals surface area (Å²) in [7, 11) is 0. The van der Waals surface area contributed by atoms with Crippen LogP contribution in [0.1, 0.15) is 40.7 Å². The second-order valence-electron chi connectivity index (χ2n) is 6.30. The second kappa shape index (κ2) is 6.87. The maximum absolute atomic E-state index is 12.2. The summed E-state index contributed by atoms with van der Waals surface area (Å²) < 4.78 is 0. The third-order valence-corrected chi connectivity index (χ3v) is 4.54. The van der Waals surface area contributed by atoms with Gasteiger partial charge in [0.25, 0.3) is 5.91 Å². The van der Waals surface area contributed by atoms with Gasteiger partial charge in [-0.1, -0.05) is 35.9 Å². The largest absolute Gasteiger partial charge is 0.352 e. The monoisotopic (exact) mass is 322 g/mol. The molecular formula is C20H22N2O2. The Balaban J connectivity index is 1.60. The molecule has 0 aromatic heterocycles. The van der Waals surface area contributed by atoms with Gasteiger partial charge in [-0.15, -0.1) is 0 Å². The molecule has 2 aromatic rings. The Kier molecular flexibility index (Phi) is 4.65. The number of fused-ring (bicyclic) bond motifs is 1. The highest BCUT2D eigenvalue weighted by Crippen LogP contribution is 2.37. The number of nitrogens with zero attached hydrogens (tertiary/aromatic N) is 1. The highest BCUT2D eigenvalue weighted by Gasteiger charge is 2.30. The van der Waals surface area contributed by atoms with E-state index in [1.807, 2.05) is 54.3 Å². The molecule has 0 aliphatic carbocycles. The minimum atomic E-state index is -0.0512. The van der Waals surface area contributed by atoms with Crippen LogP contribution in [0.3, 0.4) is 0 Å². The smallest absolute Gasteiger partial charge is 0.251 e. The van der Waals surface area contributed by atoms with Crippen LogP contribution in [0, 0.1) is 6.92 Å². The maximum Gasteiger partial charge on any atom is 0.251 e. The fourth-order valence-electron chi connectivity index (χ4n) is 3.21. The van der Waals surface area contributed by atoms with E-state index in [0.29, 0.717) is 18.7 Å². The van der Waals surface area contributed by atoms with Crippen molar-refractivity contribution in [2.45, 2.75) is 26.2 Å². The van der Waals surface area contributed by atoms with Gasteiger partial charge >= 0.3 is 0 Å². The Morgan fingerprint density at radius 3 is 2.54 bits per heavy atom. The van der Waals surface area contributed by atoms with Crippen LogP contribution in [0.25, 0.3) is 0 Å². The van der Waals surface area contributed by atoms with Crippen LogP contribution in [0.5, 0.6) is 0 Å². The number of anilines is 1. The van der Waals surface area contributed by atoms with E-state index in [2.05, 4.69) is 11.4 Å². The average molecular weight is 322 g/mol. The second-order valence-corrected chi connectivity index (χ2v) is 6.30. The van der Waals surface area contributed by atoms with Crippen molar-refractivity contribution in [3.63, 3.8) is 0 Å². The molecule has 0 fully saturated rings. The van der Waals surface area contributed by atoms with Crippen LogP contribution < -0.4 is 10.2 Å². The Morgan fingerprint density at radius 2 is 1.83 bits per heavy atom. The van der Waals surface area contributed by atoms with Crippen LogP contribution >= 0.6 is 0 Å². The predicted molar refractivity (Wildman–Crippen MR) is 95.3 cm³/mol. The number of para-hydroxylation sites is 1. The fourth-order valence-corrected chi connectivity index (χ4v) is 3.21. The lowest BCUT2D eigenvalue weighted by molar-refractivity contribution is -0.116. The molecule has 24 heavy (non-hydrogen) atoms. The molecule has 1 heterocycles. The molecule has 3 rings (SSSR count). The van der Waals surface area contributed by atoms with E-state index in [4.69, 9.17) is 0 Å². The van der Waals surface area contributed by atoms with Crippen molar-refractivity contribution >= 4 is 17.5 Å². The van der Waals surface area contributed by atoms with Gasteiger partial charge in [-0.2, -0.15) is 0 Å². The SMILES string of the molecule is CC(=O)N1CC(CCNC(=O)c2ccc(C)cc2)c2ccccc21. The molecule has 2 amide bonds. The van der Waals surface area contributed by atoms with Crippen molar-refractivity contribution in [2.75, 3.05) is 18.0 Å². The number of nitrogens with one attached hydrogen (secondary N) is 1. The Bertz CT molecular complexity index is 752. The lowest BCUT2D eigenvalue weighted by Crippen LogP contribution is -2.29. The summed E-state index contributed by atoms with van der Waals surface area (Å²) in [6.45, 7) is 4.88. The lowest BCUT2D eigenvalue weighted by Gasteiger charge is -2.15. The minimum Gasteiger partial charge on any atom is -0.352 e. The molecule has 0 saturated carbocycles. The first kappa shape index (κ1) is 16.2. The minimum absolute atomic E-state index is 0.0512. The average Bonchev–Trinajstić information content (AvgIpc) is 2.95. The highest BCUT2D eigenvalue weighted by atomic mass is 16.2. The van der Waals surface area contributed by atoms with Gasteiger partial charge in [0.1, 0.15) is 0 Å². The number of benzene rings is 2. The van der Waals surface area contributed by atoms with Crippen LogP contribution in [0.4, 0.5) is 5.69 Å². The number of carbonyl (C=O) groups is 2. The van der Waals surface area contributed by atoms with E-state index >= 15 is 0 Å². The molecule has 1 unspecified atom stereocenters. The van der Waals surface area contributed by atoms with Crippen LogP contribution in [-0.2, 0) is 4.79 Å². The van der Waals surface area contributed by atoms with Gasteiger partial charge in [-0.05, 0) is 37.1 Å². The molecule has 0 bridgehead atoms. The standard InChI is InChI=1S/C20H22N2O2/c1-14-7-9-16(10-8-14)20(24)21-12-11-17-13-22(15(2)23)19-6-4-3-5-18(17)19/h3-10,17H,11-13H2,1-2H3,(H,21,24). The number of rotatable bonds is 4. The molecule has 0 saturated heterocycles. The summed E-state index contributed by atoms with van der Waals surface area (Å²) in [6.07, 6.45) is 0.818. The molecule has 4 nitrogen and oxygen atoms in total. The number of aryl methyl sites for hydroxylation is 1. The predicted octanol–water partition coefficient (Wildman–Crippen LogP) is 3.27. The molecule has 1 aliphatic heterocycles. The third kappa shape index (κ3) is 3.32. The van der Waals surface area contributed by atoms with E-state index in [1.54, 1.807) is 6.92 Å². The summed E-state index contributed by atoms with van der Waals surface area (Å²) in [4.78, 5) is 25.8. The number of amides is 2. The number of hydrogen-bond acceptors (Lipinski definition) is 2. The summed E-state index contributed by atoms with van der Waals surface area (Å²) in [6, 6.07) is 15.6. The normalized spacial score (nSPS) is 15.9. The summed E-state index contributed by atoms with van der Waals surface area (Å²) in [5.41, 5.74) is 4.01. The summed E-state index contributed by atoms with van der Waals surface area (Å²) in [5.74, 6) is 0.279. The van der Waals surface area contributed by atoms with Gasteiger partial charge in [0, 0.05) is 37.2 Å². The first-order valence-corrected chi connectivity index (χ1v) is 8.28. The molecule has 124 valence electrons.